The number of carbonyl (C=O) groups is 4. The lowest BCUT2D eigenvalue weighted by Gasteiger charge is -2.31. The minimum absolute atomic E-state index is 0.0849. The molecule has 1 aliphatic heterocycles. The maximum atomic E-state index is 13.4. The van der Waals surface area contributed by atoms with Crippen molar-refractivity contribution in [3.63, 3.8) is 0 Å². The molecule has 1 heterocycles. The number of halogens is 2. The van der Waals surface area contributed by atoms with Crippen molar-refractivity contribution in [2.75, 3.05) is 6.54 Å². The average molecular weight is 455 g/mol. The number of nitrogens with zero attached hydrogens (tertiary/aromatic N) is 2. The summed E-state index contributed by atoms with van der Waals surface area (Å²) in [6, 6.07) is 11.2. The van der Waals surface area contributed by atoms with Gasteiger partial charge >= 0.3 is 0 Å². The molecule has 164 valence electrons. The zero-order valence-electron chi connectivity index (χ0n) is 17.0. The summed E-state index contributed by atoms with van der Waals surface area (Å²) in [6.45, 7) is -0.540. The Morgan fingerprint density at radius 1 is 0.969 bits per heavy atom. The number of fused-ring (bicyclic) bond motifs is 5. The van der Waals surface area contributed by atoms with E-state index in [9.17, 15) is 23.6 Å². The molecule has 2 aromatic rings. The first kappa shape index (κ1) is 20.8. The van der Waals surface area contributed by atoms with Gasteiger partial charge < -0.3 is 0 Å². The zero-order valence-corrected chi connectivity index (χ0v) is 17.8. The van der Waals surface area contributed by atoms with E-state index in [2.05, 4.69) is 0 Å². The van der Waals surface area contributed by atoms with Crippen LogP contribution in [0.25, 0.3) is 0 Å². The summed E-state index contributed by atoms with van der Waals surface area (Å²) < 4.78 is 13.3. The van der Waals surface area contributed by atoms with Crippen LogP contribution in [0.3, 0.4) is 0 Å². The first-order valence-electron chi connectivity index (χ1n) is 10.6. The van der Waals surface area contributed by atoms with Crippen LogP contribution in [0.15, 0.2) is 48.5 Å². The van der Waals surface area contributed by atoms with Gasteiger partial charge in [-0.25, -0.2) is 9.40 Å². The third-order valence-electron chi connectivity index (χ3n) is 6.94. The molecule has 2 aromatic carbocycles. The SMILES string of the molecule is O=C(CN(C(=O)c1ccccc1Cl)N1C(=O)[C@@H]2[C@H]3CC[C@@H](C3)[C@H]2C1=O)c1ccc(F)cc1. The van der Waals surface area contributed by atoms with Crippen LogP contribution in [0.5, 0.6) is 0 Å². The second kappa shape index (κ2) is 7.81. The zero-order chi connectivity index (χ0) is 22.6. The highest BCUT2D eigenvalue weighted by Gasteiger charge is 2.62. The summed E-state index contributed by atoms with van der Waals surface area (Å²) >= 11 is 6.20. The molecule has 5 rings (SSSR count). The minimum atomic E-state index is -0.708. The molecule has 0 aromatic heterocycles. The van der Waals surface area contributed by atoms with Gasteiger partial charge in [-0.1, -0.05) is 23.7 Å². The van der Waals surface area contributed by atoms with Crippen molar-refractivity contribution in [3.8, 4) is 0 Å². The van der Waals surface area contributed by atoms with E-state index in [4.69, 9.17) is 11.6 Å². The van der Waals surface area contributed by atoms with Crippen molar-refractivity contribution in [2.45, 2.75) is 19.3 Å². The van der Waals surface area contributed by atoms with Crippen molar-refractivity contribution >= 4 is 35.1 Å². The monoisotopic (exact) mass is 454 g/mol. The fraction of sp³-hybridized carbons (Fsp3) is 0.333. The highest BCUT2D eigenvalue weighted by Crippen LogP contribution is 2.56. The molecule has 6 nitrogen and oxygen atoms in total. The number of rotatable bonds is 5. The van der Waals surface area contributed by atoms with E-state index in [-0.39, 0.29) is 28.0 Å². The molecular weight excluding hydrogens is 435 g/mol. The van der Waals surface area contributed by atoms with Gasteiger partial charge in [0.2, 0.25) is 0 Å². The molecule has 2 bridgehead atoms. The molecule has 3 aliphatic rings. The summed E-state index contributed by atoms with van der Waals surface area (Å²) in [5.74, 6) is -3.20. The molecule has 3 amide bonds. The van der Waals surface area contributed by atoms with Gasteiger partial charge in [0.25, 0.3) is 17.7 Å². The maximum absolute atomic E-state index is 13.4. The van der Waals surface area contributed by atoms with Gasteiger partial charge in [-0.2, -0.15) is 5.01 Å². The Balaban J connectivity index is 1.51. The Hall–Kier alpha value is -3.06. The largest absolute Gasteiger partial charge is 0.292 e. The molecule has 0 N–H and O–H groups in total. The second-order valence-corrected chi connectivity index (χ2v) is 9.05. The third kappa shape index (κ3) is 3.23. The predicted octanol–water partition coefficient (Wildman–Crippen LogP) is 3.75. The second-order valence-electron chi connectivity index (χ2n) is 8.65. The van der Waals surface area contributed by atoms with Gasteiger partial charge in [0.1, 0.15) is 12.4 Å². The number of ketones is 1. The average Bonchev–Trinajstić information content (AvgIpc) is 3.46. The standard InChI is InChI=1S/C24H20ClFN2O4/c25-18-4-2-1-3-17(18)22(30)27(12-19(29)13-7-9-16(26)10-8-13)28-23(31)20-14-5-6-15(11-14)21(20)24(28)32/h1-4,7-10,14-15,20-21H,5-6,11-12H2/t14-,15-,20+,21+/m0/s1. The van der Waals surface area contributed by atoms with Crippen LogP contribution in [0.4, 0.5) is 4.39 Å². The number of imide groups is 1. The molecule has 0 unspecified atom stereocenters. The third-order valence-corrected chi connectivity index (χ3v) is 7.27. The van der Waals surface area contributed by atoms with Crippen molar-refractivity contribution in [1.82, 2.24) is 10.0 Å². The topological polar surface area (TPSA) is 74.8 Å². The Labute approximate surface area is 188 Å². The number of hydrogen-bond acceptors (Lipinski definition) is 4. The normalized spacial score (nSPS) is 25.9. The van der Waals surface area contributed by atoms with Crippen molar-refractivity contribution in [2.24, 2.45) is 23.7 Å². The van der Waals surface area contributed by atoms with Crippen LogP contribution >= 0.6 is 11.6 Å². The van der Waals surface area contributed by atoms with E-state index in [1.165, 1.54) is 24.3 Å². The Morgan fingerprint density at radius 2 is 1.56 bits per heavy atom. The molecule has 8 heteroatoms. The quantitative estimate of drug-likeness (QED) is 0.509. The molecule has 0 radical (unpaired) electrons. The van der Waals surface area contributed by atoms with E-state index < -0.39 is 47.7 Å². The lowest BCUT2D eigenvalue weighted by atomic mass is 9.81. The molecular formula is C24H20ClFN2O4. The minimum Gasteiger partial charge on any atom is -0.292 e. The molecule has 32 heavy (non-hydrogen) atoms. The van der Waals surface area contributed by atoms with Gasteiger partial charge in [-0.05, 0) is 67.5 Å². The lowest BCUT2D eigenvalue weighted by molar-refractivity contribution is -0.154. The van der Waals surface area contributed by atoms with Crippen molar-refractivity contribution < 1.29 is 23.6 Å². The van der Waals surface area contributed by atoms with Gasteiger partial charge in [-0.15, -0.1) is 0 Å². The van der Waals surface area contributed by atoms with E-state index in [1.807, 2.05) is 0 Å². The maximum Gasteiger partial charge on any atom is 0.274 e. The molecule has 0 spiro atoms. The first-order valence-corrected chi connectivity index (χ1v) is 11.0. The molecule has 2 aliphatic carbocycles. The van der Waals surface area contributed by atoms with Gasteiger partial charge in [-0.3, -0.25) is 19.2 Å². The molecule has 2 saturated carbocycles. The van der Waals surface area contributed by atoms with E-state index in [0.717, 1.165) is 41.4 Å². The predicted molar refractivity (Wildman–Crippen MR) is 113 cm³/mol. The van der Waals surface area contributed by atoms with Crippen LogP contribution in [0.1, 0.15) is 40.0 Å². The highest BCUT2D eigenvalue weighted by atomic mass is 35.5. The Morgan fingerprint density at radius 3 is 2.16 bits per heavy atom. The van der Waals surface area contributed by atoms with Crippen LogP contribution in [0, 0.1) is 29.5 Å². The fourth-order valence-electron chi connectivity index (χ4n) is 5.50. The van der Waals surface area contributed by atoms with Gasteiger partial charge in [0.15, 0.2) is 5.78 Å². The summed E-state index contributed by atoms with van der Waals surface area (Å²) in [6.07, 6.45) is 2.64. The van der Waals surface area contributed by atoms with Crippen LogP contribution in [-0.2, 0) is 9.59 Å². The van der Waals surface area contributed by atoms with E-state index >= 15 is 0 Å². The van der Waals surface area contributed by atoms with Gasteiger partial charge in [0.05, 0.1) is 22.4 Å². The van der Waals surface area contributed by atoms with Crippen LogP contribution in [-0.4, -0.2) is 40.1 Å². The number of benzene rings is 2. The number of hydrazine groups is 1. The molecule has 3 fully saturated rings. The smallest absolute Gasteiger partial charge is 0.274 e. The number of Topliss-reactive ketones (excluding diaryl/α,β-unsaturated/α-hetero) is 1. The molecule has 1 saturated heterocycles. The fourth-order valence-corrected chi connectivity index (χ4v) is 5.72. The summed E-state index contributed by atoms with van der Waals surface area (Å²) in [5, 5.41) is 1.93. The Kier molecular flexibility index (Phi) is 5.08. The van der Waals surface area contributed by atoms with E-state index in [1.54, 1.807) is 12.1 Å². The first-order chi connectivity index (χ1) is 15.4. The number of hydrogen-bond donors (Lipinski definition) is 0. The highest BCUT2D eigenvalue weighted by molar-refractivity contribution is 6.34. The van der Waals surface area contributed by atoms with Crippen LogP contribution in [0.2, 0.25) is 5.02 Å². The Bertz CT molecular complexity index is 1110. The molecule has 4 atom stereocenters. The lowest BCUT2D eigenvalue weighted by Crippen LogP contribution is -2.52. The van der Waals surface area contributed by atoms with Gasteiger partial charge in [0, 0.05) is 5.56 Å². The summed E-state index contributed by atoms with van der Waals surface area (Å²) in [5.41, 5.74) is 0.254. The van der Waals surface area contributed by atoms with E-state index in [0.29, 0.717) is 0 Å². The summed E-state index contributed by atoms with van der Waals surface area (Å²) in [7, 11) is 0. The van der Waals surface area contributed by atoms with Crippen LogP contribution < -0.4 is 0 Å². The number of amides is 3. The summed E-state index contributed by atoms with van der Waals surface area (Å²) in [4.78, 5) is 53.1. The van der Waals surface area contributed by atoms with Crippen molar-refractivity contribution in [1.29, 1.82) is 0 Å². The number of carbonyl (C=O) groups excluding carboxylic acids is 4. The van der Waals surface area contributed by atoms with Crippen molar-refractivity contribution in [3.05, 3.63) is 70.5 Å².